The molecule has 1 heterocycles. The molecule has 3 rings (SSSR count). The van der Waals surface area contributed by atoms with Crippen LogP contribution in [-0.2, 0) is 17.1 Å². The quantitative estimate of drug-likeness (QED) is 0.575. The molecule has 0 fully saturated rings. The van der Waals surface area contributed by atoms with Crippen molar-refractivity contribution >= 4 is 29.3 Å². The Labute approximate surface area is 167 Å². The maximum absolute atomic E-state index is 12.6. The van der Waals surface area contributed by atoms with Crippen molar-refractivity contribution in [1.82, 2.24) is 15.0 Å². The molecule has 1 amide bonds. The van der Waals surface area contributed by atoms with E-state index in [-0.39, 0.29) is 17.7 Å². The van der Waals surface area contributed by atoms with Crippen molar-refractivity contribution in [3.8, 4) is 11.4 Å². The highest BCUT2D eigenvalue weighted by molar-refractivity contribution is 7.99. The summed E-state index contributed by atoms with van der Waals surface area (Å²) < 4.78 is 5.28. The third-order valence-electron chi connectivity index (χ3n) is 4.01. The number of carbonyl (C=O) groups is 1. The van der Waals surface area contributed by atoms with Crippen LogP contribution in [0, 0.1) is 0 Å². The summed E-state index contributed by atoms with van der Waals surface area (Å²) in [7, 11) is 1.74. The predicted molar refractivity (Wildman–Crippen MR) is 108 cm³/mol. The second-order valence-electron chi connectivity index (χ2n) is 6.15. The van der Waals surface area contributed by atoms with Gasteiger partial charge in [-0.25, -0.2) is 0 Å². The van der Waals surface area contributed by atoms with E-state index in [4.69, 9.17) is 16.1 Å². The fourth-order valence-corrected chi connectivity index (χ4v) is 3.58. The minimum Gasteiger partial charge on any atom is -0.337 e. The largest absolute Gasteiger partial charge is 0.337 e. The molecule has 1 atom stereocenters. The second-order valence-corrected chi connectivity index (χ2v) is 7.92. The number of rotatable bonds is 7. The number of thioether (sulfide) groups is 1. The first-order valence-corrected chi connectivity index (χ1v) is 9.94. The van der Waals surface area contributed by atoms with E-state index in [1.165, 1.54) is 5.56 Å². The third-order valence-corrected chi connectivity index (χ3v) is 5.46. The molecule has 3 aromatic rings. The van der Waals surface area contributed by atoms with Crippen LogP contribution in [0.1, 0.15) is 18.4 Å². The van der Waals surface area contributed by atoms with E-state index in [1.807, 2.05) is 37.3 Å². The molecule has 27 heavy (non-hydrogen) atoms. The molecule has 0 N–H and O–H groups in total. The molecule has 0 aliphatic carbocycles. The van der Waals surface area contributed by atoms with Crippen LogP contribution < -0.4 is 0 Å². The van der Waals surface area contributed by atoms with Crippen molar-refractivity contribution in [2.75, 3.05) is 7.05 Å². The van der Waals surface area contributed by atoms with Gasteiger partial charge < -0.3 is 9.42 Å². The van der Waals surface area contributed by atoms with Gasteiger partial charge in [-0.2, -0.15) is 4.98 Å². The molecule has 0 aliphatic rings. The van der Waals surface area contributed by atoms with Crippen LogP contribution in [0.3, 0.4) is 0 Å². The molecule has 0 saturated carbocycles. The van der Waals surface area contributed by atoms with Crippen LogP contribution in [-0.4, -0.2) is 33.2 Å². The summed E-state index contributed by atoms with van der Waals surface area (Å²) in [6.07, 6.45) is 0. The summed E-state index contributed by atoms with van der Waals surface area (Å²) >= 11 is 7.50. The molecular formula is C20H20ClN3O2S. The Balaban J connectivity index is 1.55. The van der Waals surface area contributed by atoms with Crippen LogP contribution >= 0.6 is 23.4 Å². The smallest absolute Gasteiger partial charge is 0.246 e. The molecule has 0 bridgehead atoms. The lowest BCUT2D eigenvalue weighted by atomic mass is 10.2. The summed E-state index contributed by atoms with van der Waals surface area (Å²) in [6, 6.07) is 17.3. The lowest BCUT2D eigenvalue weighted by Gasteiger charge is -2.19. The number of halogens is 1. The van der Waals surface area contributed by atoms with Gasteiger partial charge in [0.15, 0.2) is 0 Å². The summed E-state index contributed by atoms with van der Waals surface area (Å²) in [5.41, 5.74) is 2.02. The van der Waals surface area contributed by atoms with E-state index in [1.54, 1.807) is 35.8 Å². The molecule has 2 aromatic carbocycles. The molecule has 0 spiro atoms. The van der Waals surface area contributed by atoms with Gasteiger partial charge >= 0.3 is 0 Å². The molecule has 0 radical (unpaired) electrons. The second kappa shape index (κ2) is 9.06. The van der Waals surface area contributed by atoms with E-state index in [9.17, 15) is 4.79 Å². The van der Waals surface area contributed by atoms with E-state index < -0.39 is 0 Å². The van der Waals surface area contributed by atoms with Crippen molar-refractivity contribution in [2.45, 2.75) is 24.5 Å². The van der Waals surface area contributed by atoms with Crippen LogP contribution in [0.15, 0.2) is 59.1 Å². The summed E-state index contributed by atoms with van der Waals surface area (Å²) in [5.74, 6) is 1.70. The zero-order valence-corrected chi connectivity index (χ0v) is 16.7. The average Bonchev–Trinajstić information content (AvgIpc) is 3.15. The van der Waals surface area contributed by atoms with Crippen molar-refractivity contribution in [3.05, 3.63) is 71.1 Å². The van der Waals surface area contributed by atoms with E-state index in [2.05, 4.69) is 22.3 Å². The Morgan fingerprint density at radius 1 is 1.19 bits per heavy atom. The number of hydrogen-bond donors (Lipinski definition) is 0. The predicted octanol–water partition coefficient (Wildman–Crippen LogP) is 4.67. The van der Waals surface area contributed by atoms with Gasteiger partial charge in [0.05, 0.1) is 11.8 Å². The Kier molecular flexibility index (Phi) is 6.53. The van der Waals surface area contributed by atoms with Crippen molar-refractivity contribution in [1.29, 1.82) is 0 Å². The fourth-order valence-electron chi connectivity index (χ4n) is 2.49. The van der Waals surface area contributed by atoms with Crippen molar-refractivity contribution in [3.63, 3.8) is 0 Å². The van der Waals surface area contributed by atoms with Crippen LogP contribution in [0.2, 0.25) is 5.02 Å². The minimum absolute atomic E-state index is 0.0298. The molecule has 7 heteroatoms. The van der Waals surface area contributed by atoms with Gasteiger partial charge in [0.25, 0.3) is 0 Å². The summed E-state index contributed by atoms with van der Waals surface area (Å²) in [4.78, 5) is 18.6. The van der Waals surface area contributed by atoms with E-state index >= 15 is 0 Å². The highest BCUT2D eigenvalue weighted by Gasteiger charge is 2.20. The zero-order valence-electron chi connectivity index (χ0n) is 15.1. The first-order chi connectivity index (χ1) is 13.0. The normalized spacial score (nSPS) is 12.0. The lowest BCUT2D eigenvalue weighted by Crippen LogP contribution is -2.33. The maximum atomic E-state index is 12.6. The Morgan fingerprint density at radius 3 is 2.59 bits per heavy atom. The summed E-state index contributed by atoms with van der Waals surface area (Å²) in [5, 5.41) is 4.47. The van der Waals surface area contributed by atoms with E-state index in [0.717, 1.165) is 11.3 Å². The molecule has 140 valence electrons. The van der Waals surface area contributed by atoms with E-state index in [0.29, 0.717) is 16.7 Å². The van der Waals surface area contributed by atoms with Gasteiger partial charge in [0.2, 0.25) is 17.6 Å². The number of benzene rings is 2. The number of aromatic nitrogens is 2. The van der Waals surface area contributed by atoms with Gasteiger partial charge in [-0.3, -0.25) is 4.79 Å². The molecule has 5 nitrogen and oxygen atoms in total. The van der Waals surface area contributed by atoms with Gasteiger partial charge in [0.1, 0.15) is 0 Å². The van der Waals surface area contributed by atoms with Crippen molar-refractivity contribution in [2.24, 2.45) is 0 Å². The highest BCUT2D eigenvalue weighted by atomic mass is 35.5. The van der Waals surface area contributed by atoms with Crippen LogP contribution in [0.4, 0.5) is 0 Å². The topological polar surface area (TPSA) is 59.2 Å². The first-order valence-electron chi connectivity index (χ1n) is 8.52. The number of amides is 1. The summed E-state index contributed by atoms with van der Waals surface area (Å²) in [6.45, 7) is 2.19. The zero-order chi connectivity index (χ0) is 19.2. The Hall–Kier alpha value is -2.31. The fraction of sp³-hybridized carbons (Fsp3) is 0.250. The van der Waals surface area contributed by atoms with Gasteiger partial charge in [-0.1, -0.05) is 47.1 Å². The number of carbonyl (C=O) groups excluding carboxylic acids is 1. The number of nitrogens with zero attached hydrogens (tertiary/aromatic N) is 3. The van der Waals surface area contributed by atoms with Crippen molar-refractivity contribution < 1.29 is 9.32 Å². The first kappa shape index (κ1) is 19.5. The van der Waals surface area contributed by atoms with Gasteiger partial charge in [0, 0.05) is 23.4 Å². The van der Waals surface area contributed by atoms with Crippen LogP contribution in [0.5, 0.6) is 0 Å². The Bertz CT molecular complexity index is 884. The third kappa shape index (κ3) is 5.34. The Morgan fingerprint density at radius 2 is 1.89 bits per heavy atom. The standard InChI is InChI=1S/C20H20ClN3O2S/c1-14(27-13-15-6-4-3-5-7-15)20(25)24(2)12-18-22-19(23-26-18)16-8-10-17(21)11-9-16/h3-11,14H,12-13H2,1-2H3/t14-/m0/s1. The molecule has 0 saturated heterocycles. The van der Waals surface area contributed by atoms with Gasteiger partial charge in [-0.05, 0) is 36.8 Å². The maximum Gasteiger partial charge on any atom is 0.246 e. The minimum atomic E-state index is -0.158. The monoisotopic (exact) mass is 401 g/mol. The molecule has 0 aliphatic heterocycles. The van der Waals surface area contributed by atoms with Crippen LogP contribution in [0.25, 0.3) is 11.4 Å². The molecular weight excluding hydrogens is 382 g/mol. The van der Waals surface area contributed by atoms with Gasteiger partial charge in [-0.15, -0.1) is 11.8 Å². The SMILES string of the molecule is C[C@H](SCc1ccccc1)C(=O)N(C)Cc1nc(-c2ccc(Cl)cc2)no1. The molecule has 0 unspecified atom stereocenters. The lowest BCUT2D eigenvalue weighted by molar-refractivity contribution is -0.129. The number of hydrogen-bond acceptors (Lipinski definition) is 5. The molecule has 1 aromatic heterocycles. The average molecular weight is 402 g/mol. The highest BCUT2D eigenvalue weighted by Crippen LogP contribution is 2.21.